The van der Waals surface area contributed by atoms with Crippen LogP contribution >= 0.6 is 0 Å². The quantitative estimate of drug-likeness (QED) is 0.631. The molecule has 86 valence electrons. The van der Waals surface area contributed by atoms with E-state index in [0.29, 0.717) is 19.5 Å². The van der Waals surface area contributed by atoms with Crippen molar-refractivity contribution in [2.45, 2.75) is 25.8 Å². The van der Waals surface area contributed by atoms with Crippen molar-refractivity contribution in [3.05, 3.63) is 0 Å². The van der Waals surface area contributed by atoms with Crippen molar-refractivity contribution in [3.8, 4) is 6.07 Å². The average molecular weight is 212 g/mol. The van der Waals surface area contributed by atoms with Crippen molar-refractivity contribution in [2.75, 3.05) is 27.2 Å². The van der Waals surface area contributed by atoms with Crippen molar-refractivity contribution in [1.82, 2.24) is 15.5 Å². The SMILES string of the molecule is CCC(CC#N)NCCNC(=O)N(C)C. The van der Waals surface area contributed by atoms with Crippen LogP contribution in [0.3, 0.4) is 0 Å². The smallest absolute Gasteiger partial charge is 0.316 e. The second-order valence-corrected chi connectivity index (χ2v) is 3.55. The fraction of sp³-hybridized carbons (Fsp3) is 0.800. The van der Waals surface area contributed by atoms with E-state index in [1.807, 2.05) is 6.92 Å². The molecule has 0 heterocycles. The molecule has 0 aliphatic carbocycles. The fourth-order valence-electron chi connectivity index (χ4n) is 1.07. The highest BCUT2D eigenvalue weighted by molar-refractivity contribution is 5.73. The first kappa shape index (κ1) is 13.7. The molecule has 0 aromatic rings. The summed E-state index contributed by atoms with van der Waals surface area (Å²) in [4.78, 5) is 12.6. The predicted octanol–water partition coefficient (Wildman–Crippen LogP) is 0.539. The van der Waals surface area contributed by atoms with Gasteiger partial charge in [-0.1, -0.05) is 6.92 Å². The second kappa shape index (κ2) is 8.06. The first-order valence-electron chi connectivity index (χ1n) is 5.17. The molecule has 1 unspecified atom stereocenters. The van der Waals surface area contributed by atoms with Gasteiger partial charge in [-0.3, -0.25) is 0 Å². The Hall–Kier alpha value is -1.28. The van der Waals surface area contributed by atoms with Gasteiger partial charge in [0.1, 0.15) is 0 Å². The number of rotatable bonds is 6. The van der Waals surface area contributed by atoms with Crippen molar-refractivity contribution in [2.24, 2.45) is 0 Å². The molecule has 0 aliphatic heterocycles. The molecule has 15 heavy (non-hydrogen) atoms. The van der Waals surface area contributed by atoms with E-state index in [4.69, 9.17) is 5.26 Å². The van der Waals surface area contributed by atoms with Crippen LogP contribution in [0.2, 0.25) is 0 Å². The Labute approximate surface area is 91.4 Å². The molecule has 5 heteroatoms. The Balaban J connectivity index is 3.53. The molecule has 0 bridgehead atoms. The Morgan fingerprint density at radius 3 is 2.60 bits per heavy atom. The lowest BCUT2D eigenvalue weighted by Crippen LogP contribution is -2.40. The van der Waals surface area contributed by atoms with Crippen LogP contribution in [0.15, 0.2) is 0 Å². The highest BCUT2D eigenvalue weighted by atomic mass is 16.2. The van der Waals surface area contributed by atoms with E-state index < -0.39 is 0 Å². The Bertz CT molecular complexity index is 222. The van der Waals surface area contributed by atoms with Crippen molar-refractivity contribution >= 4 is 6.03 Å². The van der Waals surface area contributed by atoms with Crippen molar-refractivity contribution in [3.63, 3.8) is 0 Å². The normalized spacial score (nSPS) is 11.6. The zero-order valence-electron chi connectivity index (χ0n) is 9.71. The van der Waals surface area contributed by atoms with Gasteiger partial charge < -0.3 is 15.5 Å². The Morgan fingerprint density at radius 1 is 1.47 bits per heavy atom. The summed E-state index contributed by atoms with van der Waals surface area (Å²) >= 11 is 0. The maximum Gasteiger partial charge on any atom is 0.316 e. The number of nitrogens with one attached hydrogen (secondary N) is 2. The molecule has 0 rings (SSSR count). The lowest BCUT2D eigenvalue weighted by atomic mass is 10.2. The van der Waals surface area contributed by atoms with Gasteiger partial charge in [0, 0.05) is 33.2 Å². The fourth-order valence-corrected chi connectivity index (χ4v) is 1.07. The van der Waals surface area contributed by atoms with E-state index in [2.05, 4.69) is 16.7 Å². The number of hydrogen-bond acceptors (Lipinski definition) is 3. The van der Waals surface area contributed by atoms with E-state index >= 15 is 0 Å². The van der Waals surface area contributed by atoms with Crippen LogP contribution in [-0.4, -0.2) is 44.2 Å². The summed E-state index contributed by atoms with van der Waals surface area (Å²) in [7, 11) is 3.40. The first-order chi connectivity index (χ1) is 7.11. The number of amides is 2. The molecule has 0 aromatic heterocycles. The maximum atomic E-state index is 11.1. The third-order valence-corrected chi connectivity index (χ3v) is 2.07. The molecule has 2 amide bonds. The van der Waals surface area contributed by atoms with Crippen LogP contribution in [0.5, 0.6) is 0 Å². The minimum absolute atomic E-state index is 0.0925. The minimum Gasteiger partial charge on any atom is -0.337 e. The highest BCUT2D eigenvalue weighted by Crippen LogP contribution is 1.94. The first-order valence-corrected chi connectivity index (χ1v) is 5.17. The summed E-state index contributed by atoms with van der Waals surface area (Å²) in [6.45, 7) is 3.31. The number of nitrogens with zero attached hydrogens (tertiary/aromatic N) is 2. The van der Waals surface area contributed by atoms with Gasteiger partial charge in [-0.2, -0.15) is 5.26 Å². The van der Waals surface area contributed by atoms with Crippen LogP contribution < -0.4 is 10.6 Å². The van der Waals surface area contributed by atoms with E-state index in [-0.39, 0.29) is 12.1 Å². The molecule has 0 aliphatic rings. The summed E-state index contributed by atoms with van der Waals surface area (Å²) in [5.74, 6) is 0. The lowest BCUT2D eigenvalue weighted by Gasteiger charge is -2.15. The lowest BCUT2D eigenvalue weighted by molar-refractivity contribution is 0.217. The molecule has 1 atom stereocenters. The zero-order chi connectivity index (χ0) is 11.7. The van der Waals surface area contributed by atoms with Crippen LogP contribution in [-0.2, 0) is 0 Å². The van der Waals surface area contributed by atoms with Crippen LogP contribution in [0.25, 0.3) is 0 Å². The number of nitriles is 1. The van der Waals surface area contributed by atoms with Gasteiger partial charge >= 0.3 is 6.03 Å². The molecule has 0 fully saturated rings. The Kier molecular flexibility index (Phi) is 7.38. The highest BCUT2D eigenvalue weighted by Gasteiger charge is 2.05. The van der Waals surface area contributed by atoms with Crippen molar-refractivity contribution < 1.29 is 4.79 Å². The molecule has 0 aromatic carbocycles. The summed E-state index contributed by atoms with van der Waals surface area (Å²) in [5.41, 5.74) is 0. The molecule has 2 N–H and O–H groups in total. The third-order valence-electron chi connectivity index (χ3n) is 2.07. The molecular weight excluding hydrogens is 192 g/mol. The molecule has 0 radical (unpaired) electrons. The van der Waals surface area contributed by atoms with Gasteiger partial charge in [0.05, 0.1) is 12.5 Å². The van der Waals surface area contributed by atoms with E-state index in [9.17, 15) is 4.79 Å². The van der Waals surface area contributed by atoms with Crippen LogP contribution in [0.4, 0.5) is 4.79 Å². The largest absolute Gasteiger partial charge is 0.337 e. The number of carbonyl (C=O) groups is 1. The monoisotopic (exact) mass is 212 g/mol. The van der Waals surface area contributed by atoms with Gasteiger partial charge in [0.2, 0.25) is 0 Å². The van der Waals surface area contributed by atoms with Crippen LogP contribution in [0.1, 0.15) is 19.8 Å². The second-order valence-electron chi connectivity index (χ2n) is 3.55. The predicted molar refractivity (Wildman–Crippen MR) is 59.4 cm³/mol. The topological polar surface area (TPSA) is 68.2 Å². The van der Waals surface area contributed by atoms with Crippen molar-refractivity contribution in [1.29, 1.82) is 5.26 Å². The standard InChI is InChI=1S/C10H20N4O/c1-4-9(5-6-11)12-7-8-13-10(15)14(2)3/h9,12H,4-5,7-8H2,1-3H3,(H,13,15). The Morgan fingerprint density at radius 2 is 2.13 bits per heavy atom. The van der Waals surface area contributed by atoms with E-state index in [0.717, 1.165) is 6.42 Å². The van der Waals surface area contributed by atoms with E-state index in [1.165, 1.54) is 4.90 Å². The number of urea groups is 1. The molecule has 0 saturated heterocycles. The summed E-state index contributed by atoms with van der Waals surface area (Å²) in [6.07, 6.45) is 1.44. The van der Waals surface area contributed by atoms with E-state index in [1.54, 1.807) is 14.1 Å². The maximum absolute atomic E-state index is 11.1. The van der Waals surface area contributed by atoms with Gasteiger partial charge in [-0.15, -0.1) is 0 Å². The summed E-state index contributed by atoms with van der Waals surface area (Å²) < 4.78 is 0. The summed E-state index contributed by atoms with van der Waals surface area (Å²) in [6, 6.07) is 2.26. The zero-order valence-corrected chi connectivity index (χ0v) is 9.71. The summed E-state index contributed by atoms with van der Waals surface area (Å²) in [5, 5.41) is 14.5. The molecule has 5 nitrogen and oxygen atoms in total. The van der Waals surface area contributed by atoms with Gasteiger partial charge in [0.25, 0.3) is 0 Å². The van der Waals surface area contributed by atoms with Gasteiger partial charge in [0.15, 0.2) is 0 Å². The molecule has 0 saturated carbocycles. The molecular formula is C10H20N4O. The molecule has 0 spiro atoms. The van der Waals surface area contributed by atoms with Crippen LogP contribution in [0, 0.1) is 11.3 Å². The van der Waals surface area contributed by atoms with Gasteiger partial charge in [-0.05, 0) is 6.42 Å². The third kappa shape index (κ3) is 6.75. The average Bonchev–Trinajstić information content (AvgIpc) is 2.22. The number of carbonyl (C=O) groups excluding carboxylic acids is 1. The minimum atomic E-state index is -0.0925. The number of hydrogen-bond donors (Lipinski definition) is 2. The van der Waals surface area contributed by atoms with Gasteiger partial charge in [-0.25, -0.2) is 4.79 Å².